The molecule has 0 spiro atoms. The van der Waals surface area contributed by atoms with Crippen LogP contribution in [-0.4, -0.2) is 54.9 Å². The normalized spacial score (nSPS) is 11.9. The van der Waals surface area contributed by atoms with Crippen LogP contribution in [0.1, 0.15) is 29.3 Å². The number of benzene rings is 1. The molecule has 0 saturated heterocycles. The van der Waals surface area contributed by atoms with E-state index < -0.39 is 12.0 Å². The first-order chi connectivity index (χ1) is 11.9. The first-order valence-electron chi connectivity index (χ1n) is 7.65. The Bertz CT molecular complexity index is 615. The van der Waals surface area contributed by atoms with Gasteiger partial charge in [0.05, 0.1) is 6.21 Å². The third-order valence-electron chi connectivity index (χ3n) is 3.13. The largest absolute Gasteiger partial charge is 0.480 e. The predicted molar refractivity (Wildman–Crippen MR) is 91.2 cm³/mol. The number of carbonyl (C=O) groups excluding carboxylic acids is 2. The molecule has 0 aliphatic heterocycles. The van der Waals surface area contributed by atoms with Gasteiger partial charge in [0.2, 0.25) is 5.91 Å². The zero-order chi connectivity index (χ0) is 18.7. The summed E-state index contributed by atoms with van der Waals surface area (Å²) in [6.45, 7) is 1.76. The van der Waals surface area contributed by atoms with Crippen LogP contribution in [0.25, 0.3) is 0 Å². The Balaban J connectivity index is 2.33. The summed E-state index contributed by atoms with van der Waals surface area (Å²) in [4.78, 5) is 34.2. The minimum atomic E-state index is -1.04. The number of amides is 2. The van der Waals surface area contributed by atoms with Gasteiger partial charge >= 0.3 is 5.97 Å². The van der Waals surface area contributed by atoms with E-state index in [0.29, 0.717) is 18.5 Å². The van der Waals surface area contributed by atoms with Gasteiger partial charge in [-0.2, -0.15) is 5.10 Å². The van der Waals surface area contributed by atoms with Crippen LogP contribution in [0.15, 0.2) is 29.4 Å². The van der Waals surface area contributed by atoms with Gasteiger partial charge in [0.15, 0.2) is 0 Å². The lowest BCUT2D eigenvalue weighted by molar-refractivity contribution is -0.142. The molecule has 25 heavy (non-hydrogen) atoms. The molecule has 9 heteroatoms. The van der Waals surface area contributed by atoms with Gasteiger partial charge in [0.1, 0.15) is 12.6 Å². The fraction of sp³-hybridized carbons (Fsp3) is 0.375. The first kappa shape index (κ1) is 20.1. The molecule has 0 saturated carbocycles. The standard InChI is InChI=1S/C16H22N4O5/c1-11(15(23)18-7-2-8-25-10-14(21)22)20-16(24)13-5-3-12(4-6-13)9-19-17/h3-6,9,11H,2,7-8,10,17H2,1H3,(H,18,23)(H,20,24)(H,21,22). The topological polar surface area (TPSA) is 143 Å². The number of hydrogen-bond acceptors (Lipinski definition) is 6. The van der Waals surface area contributed by atoms with Gasteiger partial charge in [-0.05, 0) is 31.0 Å². The Hall–Kier alpha value is -2.94. The number of nitrogens with one attached hydrogen (secondary N) is 2. The van der Waals surface area contributed by atoms with Crippen molar-refractivity contribution in [3.8, 4) is 0 Å². The highest BCUT2D eigenvalue weighted by atomic mass is 16.5. The van der Waals surface area contributed by atoms with Crippen LogP contribution in [0, 0.1) is 0 Å². The van der Waals surface area contributed by atoms with Crippen molar-refractivity contribution >= 4 is 24.0 Å². The zero-order valence-electron chi connectivity index (χ0n) is 13.9. The maximum atomic E-state index is 12.1. The van der Waals surface area contributed by atoms with Crippen LogP contribution in [0.5, 0.6) is 0 Å². The summed E-state index contributed by atoms with van der Waals surface area (Å²) in [5.41, 5.74) is 1.17. The number of ether oxygens (including phenoxy) is 1. The molecule has 0 radical (unpaired) electrons. The molecule has 0 aromatic heterocycles. The monoisotopic (exact) mass is 350 g/mol. The second-order valence-electron chi connectivity index (χ2n) is 5.19. The maximum Gasteiger partial charge on any atom is 0.329 e. The highest BCUT2D eigenvalue weighted by Gasteiger charge is 2.16. The van der Waals surface area contributed by atoms with Crippen molar-refractivity contribution in [3.05, 3.63) is 35.4 Å². The minimum absolute atomic E-state index is 0.228. The van der Waals surface area contributed by atoms with E-state index in [1.807, 2.05) is 0 Å². The zero-order valence-corrected chi connectivity index (χ0v) is 13.9. The predicted octanol–water partition coefficient (Wildman–Crippen LogP) is -0.295. The van der Waals surface area contributed by atoms with Gasteiger partial charge in [-0.15, -0.1) is 0 Å². The summed E-state index contributed by atoms with van der Waals surface area (Å²) in [5, 5.41) is 17.0. The molecule has 1 rings (SSSR count). The number of carbonyl (C=O) groups is 3. The minimum Gasteiger partial charge on any atom is -0.480 e. The molecule has 0 bridgehead atoms. The average Bonchev–Trinajstić information content (AvgIpc) is 2.58. The van der Waals surface area contributed by atoms with Crippen molar-refractivity contribution in [2.75, 3.05) is 19.8 Å². The second-order valence-corrected chi connectivity index (χ2v) is 5.19. The van der Waals surface area contributed by atoms with E-state index >= 15 is 0 Å². The van der Waals surface area contributed by atoms with Crippen molar-refractivity contribution in [2.24, 2.45) is 10.9 Å². The fourth-order valence-corrected chi connectivity index (χ4v) is 1.85. The molecule has 0 heterocycles. The Morgan fingerprint density at radius 3 is 2.60 bits per heavy atom. The fourth-order valence-electron chi connectivity index (χ4n) is 1.85. The van der Waals surface area contributed by atoms with E-state index in [4.69, 9.17) is 15.7 Å². The van der Waals surface area contributed by atoms with E-state index in [-0.39, 0.29) is 25.0 Å². The Morgan fingerprint density at radius 1 is 1.32 bits per heavy atom. The van der Waals surface area contributed by atoms with E-state index in [1.165, 1.54) is 6.21 Å². The van der Waals surface area contributed by atoms with Crippen LogP contribution in [0.2, 0.25) is 0 Å². The lowest BCUT2D eigenvalue weighted by atomic mass is 10.1. The Kier molecular flexibility index (Phi) is 8.66. The number of rotatable bonds is 10. The van der Waals surface area contributed by atoms with E-state index in [9.17, 15) is 14.4 Å². The van der Waals surface area contributed by atoms with Crippen LogP contribution in [0.4, 0.5) is 0 Å². The van der Waals surface area contributed by atoms with E-state index in [2.05, 4.69) is 15.7 Å². The summed E-state index contributed by atoms with van der Waals surface area (Å²) >= 11 is 0. The molecule has 1 aromatic carbocycles. The summed E-state index contributed by atoms with van der Waals surface area (Å²) < 4.78 is 4.85. The Morgan fingerprint density at radius 2 is 2.00 bits per heavy atom. The van der Waals surface area contributed by atoms with E-state index in [0.717, 1.165) is 5.56 Å². The molecule has 0 aliphatic rings. The second kappa shape index (κ2) is 10.8. The third-order valence-corrected chi connectivity index (χ3v) is 3.13. The van der Waals surface area contributed by atoms with Crippen LogP contribution in [0.3, 0.4) is 0 Å². The first-order valence-corrected chi connectivity index (χ1v) is 7.65. The number of hydrogen-bond donors (Lipinski definition) is 4. The molecule has 136 valence electrons. The number of aliphatic carboxylic acids is 1. The number of nitrogens with zero attached hydrogens (tertiary/aromatic N) is 1. The van der Waals surface area contributed by atoms with Gasteiger partial charge in [-0.1, -0.05) is 12.1 Å². The Labute approximate surface area is 145 Å². The SMILES string of the molecule is CC(NC(=O)c1ccc(C=NN)cc1)C(=O)NCCCOCC(=O)O. The van der Waals surface area contributed by atoms with Crippen LogP contribution in [-0.2, 0) is 14.3 Å². The van der Waals surface area contributed by atoms with Crippen molar-refractivity contribution in [2.45, 2.75) is 19.4 Å². The van der Waals surface area contributed by atoms with Crippen molar-refractivity contribution in [3.63, 3.8) is 0 Å². The molecule has 1 atom stereocenters. The van der Waals surface area contributed by atoms with Gasteiger partial charge in [0, 0.05) is 18.7 Å². The molecule has 1 aromatic rings. The highest BCUT2D eigenvalue weighted by molar-refractivity contribution is 5.97. The lowest BCUT2D eigenvalue weighted by Gasteiger charge is -2.14. The molecular weight excluding hydrogens is 328 g/mol. The molecular formula is C16H22N4O5. The molecule has 1 unspecified atom stereocenters. The number of hydrazone groups is 1. The van der Waals surface area contributed by atoms with Crippen LogP contribution < -0.4 is 16.5 Å². The average molecular weight is 350 g/mol. The van der Waals surface area contributed by atoms with Gasteiger partial charge in [-0.25, -0.2) is 4.79 Å². The summed E-state index contributed by atoms with van der Waals surface area (Å²) in [6, 6.07) is 5.88. The van der Waals surface area contributed by atoms with Crippen LogP contribution >= 0.6 is 0 Å². The highest BCUT2D eigenvalue weighted by Crippen LogP contribution is 2.03. The van der Waals surface area contributed by atoms with Crippen molar-refractivity contribution in [1.29, 1.82) is 0 Å². The summed E-state index contributed by atoms with van der Waals surface area (Å²) in [7, 11) is 0. The van der Waals surface area contributed by atoms with Gasteiger partial charge in [-0.3, -0.25) is 9.59 Å². The lowest BCUT2D eigenvalue weighted by Crippen LogP contribution is -2.45. The van der Waals surface area contributed by atoms with Crippen molar-refractivity contribution < 1.29 is 24.2 Å². The van der Waals surface area contributed by atoms with Gasteiger partial charge in [0.25, 0.3) is 5.91 Å². The summed E-state index contributed by atoms with van der Waals surface area (Å²) in [6.07, 6.45) is 1.93. The third kappa shape index (κ3) is 7.93. The molecule has 0 fully saturated rings. The quantitative estimate of drug-likeness (QED) is 0.197. The van der Waals surface area contributed by atoms with E-state index in [1.54, 1.807) is 31.2 Å². The number of nitrogens with two attached hydrogens (primary N) is 1. The maximum absolute atomic E-state index is 12.1. The van der Waals surface area contributed by atoms with Gasteiger partial charge < -0.3 is 26.3 Å². The molecule has 5 N–H and O–H groups in total. The number of carboxylic acids is 1. The number of carboxylic acid groups (broad SMARTS) is 1. The molecule has 2 amide bonds. The van der Waals surface area contributed by atoms with Crippen molar-refractivity contribution in [1.82, 2.24) is 10.6 Å². The molecule has 9 nitrogen and oxygen atoms in total. The summed E-state index contributed by atoms with van der Waals surface area (Å²) in [5.74, 6) is 3.30. The molecule has 0 aliphatic carbocycles. The smallest absolute Gasteiger partial charge is 0.329 e.